The Balaban J connectivity index is 1.93. The van der Waals surface area contributed by atoms with Crippen LogP contribution in [0.5, 0.6) is 5.75 Å². The van der Waals surface area contributed by atoms with Crippen LogP contribution in [-0.4, -0.2) is 43.1 Å². The van der Waals surface area contributed by atoms with Gasteiger partial charge in [0.05, 0.1) is 18.4 Å². The van der Waals surface area contributed by atoms with Crippen LogP contribution in [0, 0.1) is 17.2 Å². The van der Waals surface area contributed by atoms with Crippen LogP contribution in [0.1, 0.15) is 18.9 Å². The lowest BCUT2D eigenvalue weighted by Crippen LogP contribution is -2.40. The smallest absolute Gasteiger partial charge is 0.313 e. The number of hydrogen-bond acceptors (Lipinski definition) is 5. The Kier molecular flexibility index (Phi) is 6.04. The summed E-state index contributed by atoms with van der Waals surface area (Å²) in [6.45, 7) is 2.03. The van der Waals surface area contributed by atoms with Gasteiger partial charge in [-0.2, -0.15) is 5.26 Å². The molecule has 1 aliphatic heterocycles. The number of likely N-dealkylation sites (N-methyl/N-ethyl adjacent to an activating group) is 1. The third kappa shape index (κ3) is 4.39. The number of carbonyl (C=O) groups excluding carboxylic acids is 2. The molecule has 1 aromatic carbocycles. The molecule has 0 bridgehead atoms. The van der Waals surface area contributed by atoms with Gasteiger partial charge < -0.3 is 14.4 Å². The number of esters is 1. The Bertz CT molecular complexity index is 671. The monoisotopic (exact) mass is 350 g/mol. The largest absolute Gasteiger partial charge is 0.492 e. The van der Waals surface area contributed by atoms with Gasteiger partial charge in [0, 0.05) is 18.6 Å². The molecule has 0 N–H and O–H groups in total. The maximum Gasteiger partial charge on any atom is 0.313 e. The third-order valence-electron chi connectivity index (χ3n) is 3.84. The van der Waals surface area contributed by atoms with E-state index in [0.29, 0.717) is 23.7 Å². The molecule has 1 aromatic rings. The Labute approximate surface area is 145 Å². The van der Waals surface area contributed by atoms with Crippen molar-refractivity contribution < 1.29 is 19.1 Å². The molecule has 0 unspecified atom stereocenters. The number of amides is 1. The molecule has 6 nitrogen and oxygen atoms in total. The lowest BCUT2D eigenvalue weighted by atomic mass is 9.97. The Morgan fingerprint density at radius 1 is 1.54 bits per heavy atom. The summed E-state index contributed by atoms with van der Waals surface area (Å²) in [7, 11) is 1.58. The van der Waals surface area contributed by atoms with Crippen LogP contribution in [0.2, 0.25) is 5.02 Å². The van der Waals surface area contributed by atoms with E-state index in [1.807, 2.05) is 6.07 Å². The highest BCUT2D eigenvalue weighted by Gasteiger charge is 2.30. The summed E-state index contributed by atoms with van der Waals surface area (Å²) in [5.74, 6) is -0.576. The lowest BCUT2D eigenvalue weighted by Gasteiger charge is -2.26. The normalized spacial score (nSPS) is 17.0. The highest BCUT2D eigenvalue weighted by molar-refractivity contribution is 6.30. The molecular formula is C17H19ClN2O4. The fraction of sp³-hybridized carbons (Fsp3) is 0.471. The minimum Gasteiger partial charge on any atom is -0.492 e. The molecule has 2 atom stereocenters. The second kappa shape index (κ2) is 8.02. The number of nitrogens with zero attached hydrogens (tertiary/aromatic N) is 2. The van der Waals surface area contributed by atoms with E-state index in [4.69, 9.17) is 26.3 Å². The van der Waals surface area contributed by atoms with Crippen LogP contribution >= 0.6 is 11.6 Å². The van der Waals surface area contributed by atoms with E-state index in [1.165, 1.54) is 11.8 Å². The summed E-state index contributed by atoms with van der Waals surface area (Å²) < 4.78 is 10.8. The number of benzene rings is 1. The van der Waals surface area contributed by atoms with E-state index >= 15 is 0 Å². The highest BCUT2D eigenvalue weighted by Crippen LogP contribution is 2.30. The van der Waals surface area contributed by atoms with Gasteiger partial charge in [0.25, 0.3) is 5.91 Å². The van der Waals surface area contributed by atoms with Gasteiger partial charge in [0.2, 0.25) is 0 Å². The van der Waals surface area contributed by atoms with Crippen molar-refractivity contribution in [3.8, 4) is 11.8 Å². The van der Waals surface area contributed by atoms with Crippen LogP contribution in [-0.2, 0) is 20.7 Å². The summed E-state index contributed by atoms with van der Waals surface area (Å²) in [5.41, 5.74) is 0.848. The topological polar surface area (TPSA) is 79.6 Å². The van der Waals surface area contributed by atoms with Crippen molar-refractivity contribution in [2.75, 3.05) is 20.2 Å². The number of ether oxygens (including phenoxy) is 2. The minimum atomic E-state index is -0.901. The summed E-state index contributed by atoms with van der Waals surface area (Å²) in [6, 6.07) is 7.24. The SMILES string of the molecule is C[C@H](OC(=O)[C@@H]1COc2ccc(Cl)cc2C1)C(=O)N(C)CCC#N. The molecule has 0 aromatic heterocycles. The molecule has 128 valence electrons. The first-order chi connectivity index (χ1) is 11.4. The van der Waals surface area contributed by atoms with E-state index in [2.05, 4.69) is 0 Å². The zero-order valence-electron chi connectivity index (χ0n) is 13.6. The van der Waals surface area contributed by atoms with Crippen molar-refractivity contribution in [1.82, 2.24) is 4.90 Å². The predicted octanol–water partition coefficient (Wildman–Crippen LogP) is 2.19. The first kappa shape index (κ1) is 18.1. The van der Waals surface area contributed by atoms with Crippen LogP contribution in [0.25, 0.3) is 0 Å². The number of fused-ring (bicyclic) bond motifs is 1. The third-order valence-corrected chi connectivity index (χ3v) is 4.07. The summed E-state index contributed by atoms with van der Waals surface area (Å²) in [6.07, 6.45) is -0.210. The zero-order chi connectivity index (χ0) is 17.7. The van der Waals surface area contributed by atoms with E-state index in [0.717, 1.165) is 5.56 Å². The van der Waals surface area contributed by atoms with Gasteiger partial charge in [-0.1, -0.05) is 11.6 Å². The van der Waals surface area contributed by atoms with E-state index in [-0.39, 0.29) is 18.9 Å². The van der Waals surface area contributed by atoms with Gasteiger partial charge >= 0.3 is 5.97 Å². The van der Waals surface area contributed by atoms with Gasteiger partial charge in [0.1, 0.15) is 12.4 Å². The Morgan fingerprint density at radius 3 is 3.00 bits per heavy atom. The molecule has 2 rings (SSSR count). The average molecular weight is 351 g/mol. The first-order valence-corrected chi connectivity index (χ1v) is 8.03. The molecule has 0 radical (unpaired) electrons. The summed E-state index contributed by atoms with van der Waals surface area (Å²) in [4.78, 5) is 25.8. The van der Waals surface area contributed by atoms with Crippen molar-refractivity contribution in [3.63, 3.8) is 0 Å². The van der Waals surface area contributed by atoms with E-state index in [9.17, 15) is 9.59 Å². The van der Waals surface area contributed by atoms with Gasteiger partial charge in [-0.05, 0) is 37.1 Å². The van der Waals surface area contributed by atoms with Crippen molar-refractivity contribution >= 4 is 23.5 Å². The number of halogens is 1. The van der Waals surface area contributed by atoms with Crippen molar-refractivity contribution in [2.24, 2.45) is 5.92 Å². The average Bonchev–Trinajstić information content (AvgIpc) is 2.57. The second-order valence-electron chi connectivity index (χ2n) is 5.71. The van der Waals surface area contributed by atoms with Crippen molar-refractivity contribution in [3.05, 3.63) is 28.8 Å². The molecule has 1 amide bonds. The maximum atomic E-state index is 12.3. The number of nitriles is 1. The fourth-order valence-corrected chi connectivity index (χ4v) is 2.67. The molecule has 1 aliphatic rings. The molecule has 0 spiro atoms. The molecule has 0 saturated carbocycles. The molecule has 24 heavy (non-hydrogen) atoms. The zero-order valence-corrected chi connectivity index (χ0v) is 14.4. The quantitative estimate of drug-likeness (QED) is 0.760. The standard InChI is InChI=1S/C17H19ClN2O4/c1-11(16(21)20(2)7-3-6-19)24-17(22)13-8-12-9-14(18)4-5-15(12)23-10-13/h4-5,9,11,13H,3,7-8,10H2,1-2H3/t11-,13-/m0/s1. The van der Waals surface area contributed by atoms with Gasteiger partial charge in [-0.25, -0.2) is 0 Å². The minimum absolute atomic E-state index is 0.207. The van der Waals surface area contributed by atoms with Crippen LogP contribution < -0.4 is 4.74 Å². The highest BCUT2D eigenvalue weighted by atomic mass is 35.5. The summed E-state index contributed by atoms with van der Waals surface area (Å²) in [5, 5.41) is 9.13. The number of rotatable bonds is 5. The van der Waals surface area contributed by atoms with Crippen molar-refractivity contribution in [1.29, 1.82) is 5.26 Å². The van der Waals surface area contributed by atoms with Crippen molar-refractivity contribution in [2.45, 2.75) is 25.9 Å². The molecule has 0 saturated heterocycles. The molecule has 1 heterocycles. The first-order valence-electron chi connectivity index (χ1n) is 7.66. The maximum absolute atomic E-state index is 12.3. The predicted molar refractivity (Wildman–Crippen MR) is 87.6 cm³/mol. The van der Waals surface area contributed by atoms with E-state index in [1.54, 1.807) is 25.2 Å². The fourth-order valence-electron chi connectivity index (χ4n) is 2.47. The molecular weight excluding hydrogens is 332 g/mol. The summed E-state index contributed by atoms with van der Waals surface area (Å²) >= 11 is 5.96. The van der Waals surface area contributed by atoms with Gasteiger partial charge in [0.15, 0.2) is 6.10 Å². The number of carbonyl (C=O) groups is 2. The molecule has 0 fully saturated rings. The van der Waals surface area contributed by atoms with Crippen LogP contribution in [0.3, 0.4) is 0 Å². The molecule has 0 aliphatic carbocycles. The lowest BCUT2D eigenvalue weighted by molar-refractivity contribution is -0.163. The van der Waals surface area contributed by atoms with Crippen LogP contribution in [0.15, 0.2) is 18.2 Å². The van der Waals surface area contributed by atoms with Gasteiger partial charge in [-0.15, -0.1) is 0 Å². The van der Waals surface area contributed by atoms with Gasteiger partial charge in [-0.3, -0.25) is 9.59 Å². The second-order valence-corrected chi connectivity index (χ2v) is 6.15. The van der Waals surface area contributed by atoms with E-state index < -0.39 is 18.0 Å². The number of hydrogen-bond donors (Lipinski definition) is 0. The Morgan fingerprint density at radius 2 is 2.29 bits per heavy atom. The Hall–Kier alpha value is -2.26. The van der Waals surface area contributed by atoms with Crippen LogP contribution in [0.4, 0.5) is 0 Å². The molecule has 7 heteroatoms.